The highest BCUT2D eigenvalue weighted by atomic mass is 32.1. The fourth-order valence-corrected chi connectivity index (χ4v) is 2.86. The molecular formula is C15H20N2O3S. The van der Waals surface area contributed by atoms with E-state index in [1.54, 1.807) is 32.7 Å². The molecule has 21 heavy (non-hydrogen) atoms. The van der Waals surface area contributed by atoms with Gasteiger partial charge in [-0.2, -0.15) is 0 Å². The van der Waals surface area contributed by atoms with Crippen molar-refractivity contribution in [3.05, 3.63) is 33.8 Å². The normalized spacial score (nSPS) is 10.5. The quantitative estimate of drug-likeness (QED) is 0.852. The van der Waals surface area contributed by atoms with Gasteiger partial charge in [0.05, 0.1) is 32.5 Å². The lowest BCUT2D eigenvalue weighted by atomic mass is 10.1. The number of hydrogen-bond donors (Lipinski definition) is 1. The molecule has 0 bridgehead atoms. The van der Waals surface area contributed by atoms with Gasteiger partial charge in [0.15, 0.2) is 11.5 Å². The molecule has 114 valence electrons. The molecule has 0 aliphatic carbocycles. The summed E-state index contributed by atoms with van der Waals surface area (Å²) in [7, 11) is 4.86. The van der Waals surface area contributed by atoms with E-state index in [0.717, 1.165) is 17.8 Å². The Kier molecular flexibility index (Phi) is 5.41. The first-order valence-electron chi connectivity index (χ1n) is 6.58. The van der Waals surface area contributed by atoms with E-state index in [4.69, 9.17) is 14.2 Å². The minimum absolute atomic E-state index is 0.619. The van der Waals surface area contributed by atoms with Crippen LogP contribution in [-0.2, 0) is 13.1 Å². The average Bonchev–Trinajstić information content (AvgIpc) is 2.91. The number of hydrogen-bond acceptors (Lipinski definition) is 6. The van der Waals surface area contributed by atoms with Gasteiger partial charge >= 0.3 is 0 Å². The maximum Gasteiger partial charge on any atom is 0.203 e. The van der Waals surface area contributed by atoms with Crippen LogP contribution in [0.1, 0.15) is 16.1 Å². The van der Waals surface area contributed by atoms with E-state index >= 15 is 0 Å². The number of aryl methyl sites for hydroxylation is 1. The van der Waals surface area contributed by atoms with Crippen LogP contribution in [0.5, 0.6) is 17.2 Å². The van der Waals surface area contributed by atoms with Gasteiger partial charge in [0.1, 0.15) is 0 Å². The number of thiazole rings is 1. The molecule has 0 amide bonds. The maximum atomic E-state index is 5.47. The molecule has 6 heteroatoms. The summed E-state index contributed by atoms with van der Waals surface area (Å²) < 4.78 is 16.1. The maximum absolute atomic E-state index is 5.47. The Morgan fingerprint density at radius 1 is 1.05 bits per heavy atom. The van der Waals surface area contributed by atoms with E-state index in [0.29, 0.717) is 23.8 Å². The van der Waals surface area contributed by atoms with Crippen molar-refractivity contribution in [3.63, 3.8) is 0 Å². The van der Waals surface area contributed by atoms with Crippen LogP contribution >= 0.6 is 11.3 Å². The van der Waals surface area contributed by atoms with E-state index in [1.807, 2.05) is 24.6 Å². The van der Waals surface area contributed by atoms with Crippen molar-refractivity contribution in [1.82, 2.24) is 10.3 Å². The lowest BCUT2D eigenvalue weighted by Crippen LogP contribution is -2.13. The zero-order chi connectivity index (χ0) is 15.2. The van der Waals surface area contributed by atoms with Crippen LogP contribution in [0.15, 0.2) is 17.6 Å². The summed E-state index contributed by atoms with van der Waals surface area (Å²) in [6, 6.07) is 3.86. The standard InChI is InChI=1S/C15H20N2O3S/c1-10-13(21-9-17-10)8-16-7-11-5-6-12(18-2)15(20-4)14(11)19-3/h5-6,9,16H,7-8H2,1-4H3. The summed E-state index contributed by atoms with van der Waals surface area (Å²) in [6.07, 6.45) is 0. The van der Waals surface area contributed by atoms with Crippen molar-refractivity contribution in [1.29, 1.82) is 0 Å². The van der Waals surface area contributed by atoms with Crippen LogP contribution < -0.4 is 19.5 Å². The topological polar surface area (TPSA) is 52.6 Å². The van der Waals surface area contributed by atoms with Crippen molar-refractivity contribution in [3.8, 4) is 17.2 Å². The number of methoxy groups -OCH3 is 3. The highest BCUT2D eigenvalue weighted by Gasteiger charge is 2.15. The summed E-state index contributed by atoms with van der Waals surface area (Å²) >= 11 is 1.66. The Morgan fingerprint density at radius 2 is 1.81 bits per heavy atom. The third-order valence-electron chi connectivity index (χ3n) is 3.23. The Labute approximate surface area is 128 Å². The molecule has 1 heterocycles. The van der Waals surface area contributed by atoms with Gasteiger partial charge in [-0.05, 0) is 13.0 Å². The van der Waals surface area contributed by atoms with Crippen LogP contribution in [0.3, 0.4) is 0 Å². The second kappa shape index (κ2) is 7.28. The predicted molar refractivity (Wildman–Crippen MR) is 83.5 cm³/mol. The third-order valence-corrected chi connectivity index (χ3v) is 4.17. The Balaban J connectivity index is 2.11. The van der Waals surface area contributed by atoms with E-state index < -0.39 is 0 Å². The molecule has 0 aliphatic rings. The van der Waals surface area contributed by atoms with Gasteiger partial charge in [0.25, 0.3) is 0 Å². The average molecular weight is 308 g/mol. The van der Waals surface area contributed by atoms with Crippen molar-refractivity contribution in [2.24, 2.45) is 0 Å². The van der Waals surface area contributed by atoms with Crippen LogP contribution in [-0.4, -0.2) is 26.3 Å². The molecule has 0 atom stereocenters. The highest BCUT2D eigenvalue weighted by Crippen LogP contribution is 2.39. The molecule has 1 aromatic carbocycles. The molecule has 1 N–H and O–H groups in total. The van der Waals surface area contributed by atoms with Crippen molar-refractivity contribution in [2.75, 3.05) is 21.3 Å². The minimum atomic E-state index is 0.619. The molecule has 5 nitrogen and oxygen atoms in total. The second-order valence-corrected chi connectivity index (χ2v) is 5.40. The lowest BCUT2D eigenvalue weighted by Gasteiger charge is -2.16. The number of rotatable bonds is 7. The first-order chi connectivity index (χ1) is 10.2. The van der Waals surface area contributed by atoms with Crippen molar-refractivity contribution >= 4 is 11.3 Å². The molecule has 0 unspecified atom stereocenters. The molecule has 2 rings (SSSR count). The van der Waals surface area contributed by atoms with Gasteiger partial charge < -0.3 is 19.5 Å². The largest absolute Gasteiger partial charge is 0.493 e. The number of nitrogens with one attached hydrogen (secondary N) is 1. The van der Waals surface area contributed by atoms with E-state index in [-0.39, 0.29) is 0 Å². The monoisotopic (exact) mass is 308 g/mol. The summed E-state index contributed by atoms with van der Waals surface area (Å²) in [5, 5.41) is 3.40. The second-order valence-electron chi connectivity index (χ2n) is 4.46. The van der Waals surface area contributed by atoms with Crippen LogP contribution in [0.2, 0.25) is 0 Å². The summed E-state index contributed by atoms with van der Waals surface area (Å²) in [5.74, 6) is 1.98. The number of ether oxygens (including phenoxy) is 3. The predicted octanol–water partition coefficient (Wildman–Crippen LogP) is 2.77. The third kappa shape index (κ3) is 3.46. The van der Waals surface area contributed by atoms with Crippen molar-refractivity contribution in [2.45, 2.75) is 20.0 Å². The van der Waals surface area contributed by atoms with Gasteiger partial charge in [-0.25, -0.2) is 4.98 Å². The fraction of sp³-hybridized carbons (Fsp3) is 0.400. The van der Waals surface area contributed by atoms with Gasteiger partial charge in [-0.3, -0.25) is 0 Å². The Morgan fingerprint density at radius 3 is 2.38 bits per heavy atom. The first kappa shape index (κ1) is 15.6. The smallest absolute Gasteiger partial charge is 0.203 e. The number of nitrogens with zero attached hydrogens (tertiary/aromatic N) is 1. The Bertz CT molecular complexity index is 599. The molecule has 1 aromatic heterocycles. The summed E-state index contributed by atoms with van der Waals surface area (Å²) in [4.78, 5) is 5.49. The van der Waals surface area contributed by atoms with Gasteiger partial charge in [0, 0.05) is 23.5 Å². The van der Waals surface area contributed by atoms with Crippen LogP contribution in [0.4, 0.5) is 0 Å². The van der Waals surface area contributed by atoms with E-state index in [2.05, 4.69) is 10.3 Å². The zero-order valence-electron chi connectivity index (χ0n) is 12.7. The van der Waals surface area contributed by atoms with Crippen LogP contribution in [0.25, 0.3) is 0 Å². The number of benzene rings is 1. The Hall–Kier alpha value is -1.79. The molecule has 0 radical (unpaired) electrons. The molecule has 0 aliphatic heterocycles. The van der Waals surface area contributed by atoms with E-state index in [9.17, 15) is 0 Å². The molecule has 0 fully saturated rings. The molecule has 0 saturated carbocycles. The summed E-state index contributed by atoms with van der Waals surface area (Å²) in [6.45, 7) is 3.49. The van der Waals surface area contributed by atoms with Gasteiger partial charge in [0.2, 0.25) is 5.75 Å². The van der Waals surface area contributed by atoms with Crippen molar-refractivity contribution < 1.29 is 14.2 Å². The SMILES string of the molecule is COc1ccc(CNCc2scnc2C)c(OC)c1OC. The summed E-state index contributed by atoms with van der Waals surface area (Å²) in [5.41, 5.74) is 3.97. The van der Waals surface area contributed by atoms with E-state index in [1.165, 1.54) is 4.88 Å². The lowest BCUT2D eigenvalue weighted by molar-refractivity contribution is 0.321. The fourth-order valence-electron chi connectivity index (χ4n) is 2.11. The molecular weight excluding hydrogens is 288 g/mol. The van der Waals surface area contributed by atoms with Gasteiger partial charge in [-0.1, -0.05) is 6.07 Å². The molecule has 0 saturated heterocycles. The first-order valence-corrected chi connectivity index (χ1v) is 7.46. The van der Waals surface area contributed by atoms with Gasteiger partial charge in [-0.15, -0.1) is 11.3 Å². The number of aromatic nitrogens is 1. The molecule has 2 aromatic rings. The minimum Gasteiger partial charge on any atom is -0.493 e. The zero-order valence-corrected chi connectivity index (χ0v) is 13.5. The van der Waals surface area contributed by atoms with Crippen LogP contribution in [0, 0.1) is 6.92 Å². The molecule has 0 spiro atoms. The highest BCUT2D eigenvalue weighted by molar-refractivity contribution is 7.09.